The average Bonchev–Trinajstić information content (AvgIpc) is 2.97. The molecule has 0 amide bonds. The maximum atomic E-state index is 9.67. The minimum Gasteiger partial charge on any atom is -0.504 e. The van der Waals surface area contributed by atoms with Crippen molar-refractivity contribution < 1.29 is 21.4 Å². The van der Waals surface area contributed by atoms with Gasteiger partial charge in [0.2, 0.25) is 5.02 Å². The Labute approximate surface area is 142 Å². The van der Waals surface area contributed by atoms with Gasteiger partial charge < -0.3 is 9.84 Å². The van der Waals surface area contributed by atoms with Gasteiger partial charge in [0.1, 0.15) is 0 Å². The fraction of sp³-hybridized carbons (Fsp3) is 0.368. The zero-order valence-electron chi connectivity index (χ0n) is 13.6. The quantitative estimate of drug-likeness (QED) is 0.910. The minimum absolute atomic E-state index is 0.194. The summed E-state index contributed by atoms with van der Waals surface area (Å²) < 4.78 is 5.18. The Bertz CT molecular complexity index is 702. The Morgan fingerprint density at radius 2 is 1.96 bits per heavy atom. The van der Waals surface area contributed by atoms with Crippen molar-refractivity contribution >= 4 is 0 Å². The second kappa shape index (κ2) is 6.81. The molecule has 4 heteroatoms. The van der Waals surface area contributed by atoms with Gasteiger partial charge in [0.15, 0.2) is 23.1 Å². The summed E-state index contributed by atoms with van der Waals surface area (Å²) in [6.07, 6.45) is 2.04. The highest BCUT2D eigenvalue weighted by Crippen LogP contribution is 2.29. The molecule has 0 spiro atoms. The molecule has 0 aromatic heterocycles. The number of fused-ring (bicyclic) bond motifs is 1. The Hall–Kier alpha value is -1.71. The monoisotopic (exact) mass is 332 g/mol. The van der Waals surface area contributed by atoms with Crippen molar-refractivity contribution in [3.05, 3.63) is 58.1 Å². The highest BCUT2D eigenvalue weighted by molar-refractivity contribution is 5.41. The van der Waals surface area contributed by atoms with Crippen LogP contribution >= 0.6 is 0 Å². The predicted octanol–water partition coefficient (Wildman–Crippen LogP) is 3.43. The van der Waals surface area contributed by atoms with Crippen LogP contribution in [0.1, 0.15) is 30.0 Å². The second-order valence-corrected chi connectivity index (χ2v) is 6.70. The first-order valence-electron chi connectivity index (χ1n) is 7.95. The first kappa shape index (κ1) is 16.2. The molecular formula is C19H23ClNO2+. The van der Waals surface area contributed by atoms with E-state index < -0.39 is 0 Å². The van der Waals surface area contributed by atoms with Crippen LogP contribution in [0, 0.1) is 11.6 Å². The van der Waals surface area contributed by atoms with E-state index in [1.165, 1.54) is 16.7 Å². The van der Waals surface area contributed by atoms with E-state index in [1.807, 2.05) is 18.2 Å². The van der Waals surface area contributed by atoms with Gasteiger partial charge in [-0.1, -0.05) is 12.1 Å². The maximum Gasteiger partial charge on any atom is 0.225 e. The van der Waals surface area contributed by atoms with Crippen molar-refractivity contribution in [1.29, 1.82) is 0 Å². The molecule has 3 rings (SSSR count). The molecule has 2 aromatic rings. The van der Waals surface area contributed by atoms with Crippen LogP contribution in [-0.2, 0) is 19.5 Å². The summed E-state index contributed by atoms with van der Waals surface area (Å²) in [5.74, 6) is 0.737. The number of hydrogen-bond donors (Lipinski definition) is 1. The largest absolute Gasteiger partial charge is 0.504 e. The highest BCUT2D eigenvalue weighted by atomic mass is 35.5. The standard InChI is InChI=1S/C19H22ClNO2/c1-13(3-4-14-5-8-18(22)19(9-14)23-2)21-11-15-6-7-17(20)10-16(15)12-21/h5-10,13,20H,3-4,11-12H2,1-2H3/p+1/t13-/m1/s1. The molecule has 1 aliphatic heterocycles. The van der Waals surface area contributed by atoms with Gasteiger partial charge in [0.25, 0.3) is 0 Å². The number of rotatable bonds is 5. The maximum absolute atomic E-state index is 9.67. The van der Waals surface area contributed by atoms with Crippen molar-refractivity contribution in [2.24, 2.45) is 0 Å². The summed E-state index contributed by atoms with van der Waals surface area (Å²) >= 11 is 5.26. The van der Waals surface area contributed by atoms with Gasteiger partial charge in [-0.15, -0.1) is 0 Å². The zero-order valence-corrected chi connectivity index (χ0v) is 14.4. The Balaban J connectivity index is 1.59. The molecule has 1 aliphatic rings. The van der Waals surface area contributed by atoms with E-state index in [9.17, 15) is 5.11 Å². The molecule has 1 heterocycles. The summed E-state index contributed by atoms with van der Waals surface area (Å²) in [6.45, 7) is 4.27. The molecule has 0 fully saturated rings. The Morgan fingerprint density at radius 3 is 2.74 bits per heavy atom. The third-order valence-corrected chi connectivity index (χ3v) is 4.90. The molecule has 2 aromatic carbocycles. The lowest BCUT2D eigenvalue weighted by Crippen LogP contribution is -2.28. The summed E-state index contributed by atoms with van der Waals surface area (Å²) in [7, 11) is 1.58. The summed E-state index contributed by atoms with van der Waals surface area (Å²) in [5, 5.41) is 10.6. The minimum atomic E-state index is 0.194. The first-order chi connectivity index (χ1) is 11.1. The number of hydrogen-bond acceptors (Lipinski definition) is 3. The molecule has 0 unspecified atom stereocenters. The van der Waals surface area contributed by atoms with E-state index in [-0.39, 0.29) is 5.75 Å². The first-order valence-corrected chi connectivity index (χ1v) is 8.36. The van der Waals surface area contributed by atoms with Gasteiger partial charge in [-0.2, -0.15) is 0 Å². The summed E-state index contributed by atoms with van der Waals surface area (Å²) in [6, 6.07) is 12.4. The number of phenolic OH excluding ortho intramolecular Hbond substituents is 1. The lowest BCUT2D eigenvalue weighted by atomic mass is 10.0. The summed E-state index contributed by atoms with van der Waals surface area (Å²) in [4.78, 5) is 2.50. The second-order valence-electron chi connectivity index (χ2n) is 6.23. The van der Waals surface area contributed by atoms with Crippen molar-refractivity contribution in [2.75, 3.05) is 7.11 Å². The van der Waals surface area contributed by atoms with Gasteiger partial charge in [-0.05, 0) is 48.6 Å². The van der Waals surface area contributed by atoms with E-state index in [0.717, 1.165) is 31.0 Å². The molecule has 0 radical (unpaired) electrons. The molecule has 0 bridgehead atoms. The zero-order chi connectivity index (χ0) is 16.4. The van der Waals surface area contributed by atoms with E-state index in [1.54, 1.807) is 13.2 Å². The van der Waals surface area contributed by atoms with Gasteiger partial charge in [0.05, 0.1) is 7.11 Å². The fourth-order valence-electron chi connectivity index (χ4n) is 3.14. The molecule has 0 saturated heterocycles. The van der Waals surface area contributed by atoms with E-state index in [2.05, 4.69) is 24.0 Å². The van der Waals surface area contributed by atoms with Gasteiger partial charge in [-0.3, -0.25) is 4.90 Å². The fourth-order valence-corrected chi connectivity index (χ4v) is 3.35. The Kier molecular flexibility index (Phi) is 4.79. The van der Waals surface area contributed by atoms with Crippen molar-refractivity contribution in [1.82, 2.24) is 4.90 Å². The van der Waals surface area contributed by atoms with Crippen LogP contribution in [0.5, 0.6) is 11.5 Å². The molecule has 23 heavy (non-hydrogen) atoms. The summed E-state index contributed by atoms with van der Waals surface area (Å²) in [5.41, 5.74) is 3.96. The van der Waals surface area contributed by atoms with Crippen LogP contribution < -0.4 is 4.74 Å². The number of methoxy groups -OCH3 is 1. The van der Waals surface area contributed by atoms with E-state index in [4.69, 9.17) is 16.3 Å². The number of nitrogens with zero attached hydrogens (tertiary/aromatic N) is 1. The lowest BCUT2D eigenvalue weighted by Gasteiger charge is -2.23. The molecular weight excluding hydrogens is 310 g/mol. The van der Waals surface area contributed by atoms with Crippen LogP contribution in [-0.4, -0.2) is 23.2 Å². The average molecular weight is 333 g/mol. The molecule has 0 aliphatic carbocycles. The van der Waals surface area contributed by atoms with Crippen molar-refractivity contribution in [3.63, 3.8) is 0 Å². The van der Waals surface area contributed by atoms with E-state index in [0.29, 0.717) is 11.8 Å². The van der Waals surface area contributed by atoms with Gasteiger partial charge >= 0.3 is 0 Å². The van der Waals surface area contributed by atoms with Crippen LogP contribution in [0.15, 0.2) is 36.4 Å². The van der Waals surface area contributed by atoms with Crippen LogP contribution in [0.25, 0.3) is 0 Å². The third-order valence-electron chi connectivity index (χ3n) is 4.64. The smallest absolute Gasteiger partial charge is 0.225 e. The van der Waals surface area contributed by atoms with Gasteiger partial charge in [0, 0.05) is 31.3 Å². The molecule has 1 atom stereocenters. The van der Waals surface area contributed by atoms with E-state index >= 15 is 0 Å². The number of halogens is 1. The SMILES string of the molecule is COc1cc(CC[C@@H](C)N2Cc3ccc([ClH+])cc3C2)ccc1O. The number of aromatic hydroxyl groups is 1. The Morgan fingerprint density at radius 1 is 1.17 bits per heavy atom. The normalized spacial score (nSPS) is 15.4. The van der Waals surface area contributed by atoms with Crippen LogP contribution in [0.2, 0.25) is 5.02 Å². The van der Waals surface area contributed by atoms with Crippen molar-refractivity contribution in [2.45, 2.75) is 38.9 Å². The molecule has 3 nitrogen and oxygen atoms in total. The molecule has 122 valence electrons. The van der Waals surface area contributed by atoms with Crippen molar-refractivity contribution in [3.8, 4) is 11.5 Å². The highest BCUT2D eigenvalue weighted by Gasteiger charge is 2.24. The van der Waals surface area contributed by atoms with Crippen LogP contribution in [0.4, 0.5) is 0 Å². The topological polar surface area (TPSA) is 32.7 Å². The van der Waals surface area contributed by atoms with Crippen LogP contribution in [0.3, 0.4) is 0 Å². The lowest BCUT2D eigenvalue weighted by molar-refractivity contribution is -0.289. The molecule has 1 N–H and O–H groups in total. The number of benzene rings is 2. The number of phenols is 1. The molecule has 0 saturated carbocycles. The number of aryl methyl sites for hydroxylation is 1. The predicted molar refractivity (Wildman–Crippen MR) is 88.7 cm³/mol. The third kappa shape index (κ3) is 3.62. The number of ether oxygens (including phenoxy) is 1. The van der Waals surface area contributed by atoms with Gasteiger partial charge in [-0.25, -0.2) is 0 Å².